The van der Waals surface area contributed by atoms with E-state index in [2.05, 4.69) is 10.0 Å². The summed E-state index contributed by atoms with van der Waals surface area (Å²) in [5, 5.41) is 3.10. The second-order valence-electron chi connectivity index (χ2n) is 0.389. The molecule has 1 atom stereocenters. The summed E-state index contributed by atoms with van der Waals surface area (Å²) < 4.78 is 6.47. The van der Waals surface area contributed by atoms with Crippen molar-refractivity contribution in [3.63, 3.8) is 0 Å². The standard InChI is InChI=1S/CH4N3P/c2-4-3-1-5/h1,5H2/i5T. The summed E-state index contributed by atoms with van der Waals surface area (Å²) in [6.45, 7) is 0. The summed E-state index contributed by atoms with van der Waals surface area (Å²) in [6.07, 6.45) is 0.316. The fourth-order valence-corrected chi connectivity index (χ4v) is 0.0949. The van der Waals surface area contributed by atoms with E-state index in [4.69, 9.17) is 6.81 Å². The summed E-state index contributed by atoms with van der Waals surface area (Å²) >= 11 is 0. The summed E-state index contributed by atoms with van der Waals surface area (Å²) in [6, 6.07) is 0. The van der Waals surface area contributed by atoms with Crippen LogP contribution in [0.5, 0.6) is 0 Å². The average molecular weight is 91.0 g/mol. The van der Waals surface area contributed by atoms with Gasteiger partial charge in [-0.25, -0.2) is 0 Å². The first kappa shape index (κ1) is 2.95. The van der Waals surface area contributed by atoms with Crippen LogP contribution >= 0.6 is 9.18 Å². The molecule has 0 saturated carbocycles. The highest BCUT2D eigenvalue weighted by Crippen LogP contribution is 1.77. The highest BCUT2D eigenvalue weighted by molar-refractivity contribution is 7.16. The first-order valence-electron chi connectivity index (χ1n) is 1.57. The van der Waals surface area contributed by atoms with Crippen LogP contribution in [0.4, 0.5) is 0 Å². The number of rotatable bonds is 2. The van der Waals surface area contributed by atoms with E-state index in [1.165, 1.54) is 0 Å². The van der Waals surface area contributed by atoms with Crippen LogP contribution in [-0.4, -0.2) is 7.56 Å². The van der Waals surface area contributed by atoms with Gasteiger partial charge in [0.05, 0.1) is 1.28 Å². The SMILES string of the molecule is [3H]PCN=[N+]=[N-]. The van der Waals surface area contributed by atoms with E-state index in [-0.39, 0.29) is 9.18 Å². The van der Waals surface area contributed by atoms with E-state index < -0.39 is 0 Å². The lowest BCUT2D eigenvalue weighted by Crippen LogP contribution is -1.43. The van der Waals surface area contributed by atoms with Gasteiger partial charge in [0.15, 0.2) is 0 Å². The second kappa shape index (κ2) is 3.74. The van der Waals surface area contributed by atoms with E-state index in [9.17, 15) is 0 Å². The first-order chi connectivity index (χ1) is 2.91. The van der Waals surface area contributed by atoms with E-state index in [1.54, 1.807) is 0 Å². The van der Waals surface area contributed by atoms with Gasteiger partial charge < -0.3 is 0 Å². The van der Waals surface area contributed by atoms with Gasteiger partial charge in [-0.3, -0.25) is 0 Å². The van der Waals surface area contributed by atoms with Crippen molar-refractivity contribution < 1.29 is 0 Å². The summed E-state index contributed by atoms with van der Waals surface area (Å²) in [5.74, 6) is 0. The van der Waals surface area contributed by atoms with Crippen LogP contribution in [0.1, 0.15) is 0 Å². The molecule has 4 heteroatoms. The molecule has 0 aromatic rings. The molecule has 0 amide bonds. The molecule has 0 aliphatic carbocycles. The Morgan fingerprint density at radius 1 is 2.40 bits per heavy atom. The molecule has 0 radical (unpaired) electrons. The Morgan fingerprint density at radius 3 is 3.40 bits per heavy atom. The Bertz CT molecular complexity index is 67.2. The third-order valence-electron chi connectivity index (χ3n) is 0.134. The molecule has 0 fully saturated rings. The second-order valence-corrected chi connectivity index (χ2v) is 0.705. The van der Waals surface area contributed by atoms with Gasteiger partial charge >= 0.3 is 0 Å². The third-order valence-corrected chi connectivity index (χ3v) is 0.275. The maximum atomic E-state index is 7.58. The van der Waals surface area contributed by atoms with Crippen molar-refractivity contribution in [2.24, 2.45) is 5.11 Å². The molecule has 28 valence electrons. The maximum Gasteiger partial charge on any atom is 0.0547 e. The highest BCUT2D eigenvalue weighted by atomic mass is 31.0. The van der Waals surface area contributed by atoms with Crippen LogP contribution in [0.25, 0.3) is 10.4 Å². The molecule has 0 aromatic carbocycles. The molecule has 0 aliphatic heterocycles. The quantitative estimate of drug-likeness (QED) is 0.212. The number of azide groups is 1. The minimum Gasteiger partial charge on any atom is -0.132 e. The molecule has 0 spiro atoms. The lowest BCUT2D eigenvalue weighted by Gasteiger charge is -1.57. The topological polar surface area (TPSA) is 48.8 Å². The molecule has 1 unspecified atom stereocenters. The van der Waals surface area contributed by atoms with Gasteiger partial charge in [-0.15, -0.1) is 9.18 Å². The van der Waals surface area contributed by atoms with Crippen LogP contribution in [0, 0.1) is 0 Å². The molecule has 0 N–H and O–H groups in total. The van der Waals surface area contributed by atoms with Gasteiger partial charge in [0, 0.05) is 11.2 Å². The zero-order valence-electron chi connectivity index (χ0n) is 3.55. The van der Waals surface area contributed by atoms with Crippen molar-refractivity contribution in [3.05, 3.63) is 10.4 Å². The summed E-state index contributed by atoms with van der Waals surface area (Å²) in [7, 11) is -0.00582. The molecular weight excluding hydrogens is 85.0 g/mol. The molecule has 0 bridgehead atoms. The van der Waals surface area contributed by atoms with Gasteiger partial charge in [0.25, 0.3) is 0 Å². The maximum absolute atomic E-state index is 7.58. The average Bonchev–Trinajstić information content (AvgIpc) is 1.61. The first-order valence-corrected chi connectivity index (χ1v) is 1.78. The van der Waals surface area contributed by atoms with Crippen molar-refractivity contribution in [1.29, 1.82) is 1.28 Å². The zero-order valence-corrected chi connectivity index (χ0v) is 3.55. The van der Waals surface area contributed by atoms with Gasteiger partial charge in [-0.2, -0.15) is 0 Å². The molecule has 3 nitrogen and oxygen atoms in total. The van der Waals surface area contributed by atoms with Crippen molar-refractivity contribution in [2.45, 2.75) is 0 Å². The Kier molecular flexibility index (Phi) is 2.21. The highest BCUT2D eigenvalue weighted by Gasteiger charge is 1.51. The molecular formula is CH4N3P. The zero-order chi connectivity index (χ0) is 4.83. The van der Waals surface area contributed by atoms with Gasteiger partial charge in [-0.05, 0) is 5.53 Å². The predicted molar refractivity (Wildman–Crippen MR) is 23.7 cm³/mol. The minimum atomic E-state index is -0.00582. The molecule has 0 heterocycles. The lowest BCUT2D eigenvalue weighted by molar-refractivity contribution is 1.34. The largest absolute Gasteiger partial charge is 0.132 e. The number of hydrogen-bond acceptors (Lipinski definition) is 1. The van der Waals surface area contributed by atoms with Crippen LogP contribution in [0.3, 0.4) is 0 Å². The smallest absolute Gasteiger partial charge is 0.0547 e. The van der Waals surface area contributed by atoms with Crippen LogP contribution < -0.4 is 0 Å². The van der Waals surface area contributed by atoms with E-state index in [0.29, 0.717) is 6.29 Å². The van der Waals surface area contributed by atoms with E-state index >= 15 is 0 Å². The van der Waals surface area contributed by atoms with Gasteiger partial charge in [0.2, 0.25) is 0 Å². The Morgan fingerprint density at radius 2 is 3.20 bits per heavy atom. The van der Waals surface area contributed by atoms with Crippen LogP contribution in [0.15, 0.2) is 5.11 Å². The molecule has 0 rings (SSSR count). The van der Waals surface area contributed by atoms with Gasteiger partial charge in [-0.1, -0.05) is 5.11 Å². The minimum absolute atomic E-state index is 0.00582. The predicted octanol–water partition coefficient (Wildman–Crippen LogP) is 1.13. The summed E-state index contributed by atoms with van der Waals surface area (Å²) in [4.78, 5) is 2.44. The van der Waals surface area contributed by atoms with Crippen molar-refractivity contribution >= 4 is 9.18 Å². The molecule has 0 aliphatic rings. The molecule has 0 aromatic heterocycles. The molecule has 5 heavy (non-hydrogen) atoms. The Hall–Kier alpha value is -0.260. The van der Waals surface area contributed by atoms with Crippen LogP contribution in [0.2, 0.25) is 0 Å². The van der Waals surface area contributed by atoms with Crippen LogP contribution in [-0.2, 0) is 0 Å². The monoisotopic (exact) mass is 91.0 g/mol. The fourth-order valence-electron chi connectivity index (χ4n) is 0.0316. The van der Waals surface area contributed by atoms with E-state index in [1.807, 2.05) is 0 Å². The number of hydrogen-bond donors (Lipinski definition) is 0. The Balaban J connectivity index is 2.86. The fraction of sp³-hybridized carbons (Fsp3) is 1.00. The van der Waals surface area contributed by atoms with Crippen molar-refractivity contribution in [2.75, 3.05) is 6.29 Å². The number of nitrogens with zero attached hydrogens (tertiary/aromatic N) is 3. The van der Waals surface area contributed by atoms with Crippen molar-refractivity contribution in [1.82, 2.24) is 0 Å². The summed E-state index contributed by atoms with van der Waals surface area (Å²) in [5.41, 5.74) is 7.58. The Labute approximate surface area is 33.5 Å². The lowest BCUT2D eigenvalue weighted by atomic mass is 11.5. The van der Waals surface area contributed by atoms with Gasteiger partial charge in [0.1, 0.15) is 0 Å². The molecule has 0 saturated heterocycles. The van der Waals surface area contributed by atoms with E-state index in [0.717, 1.165) is 0 Å². The third kappa shape index (κ3) is 3.74. The normalized spacial score (nSPS) is 10.8. The van der Waals surface area contributed by atoms with Crippen molar-refractivity contribution in [3.8, 4) is 0 Å².